The van der Waals surface area contributed by atoms with Gasteiger partial charge in [0.1, 0.15) is 0 Å². The molecule has 2 heterocycles. The topological polar surface area (TPSA) is 63.1 Å². The molecular formula is C22H25N5OS. The number of para-hydroxylation sites is 1. The molecule has 6 nitrogen and oxygen atoms in total. The van der Waals surface area contributed by atoms with Crippen LogP contribution in [-0.2, 0) is 11.8 Å². The van der Waals surface area contributed by atoms with Crippen molar-refractivity contribution < 1.29 is 4.79 Å². The molecule has 0 spiro atoms. The number of nitrogens with zero attached hydrogens (tertiary/aromatic N) is 4. The van der Waals surface area contributed by atoms with Gasteiger partial charge in [0, 0.05) is 18.3 Å². The summed E-state index contributed by atoms with van der Waals surface area (Å²) >= 11 is 1.58. The highest BCUT2D eigenvalue weighted by Gasteiger charge is 2.31. The predicted molar refractivity (Wildman–Crippen MR) is 117 cm³/mol. The Balaban J connectivity index is 1.48. The van der Waals surface area contributed by atoms with Gasteiger partial charge in [-0.3, -0.25) is 9.69 Å². The van der Waals surface area contributed by atoms with E-state index >= 15 is 0 Å². The van der Waals surface area contributed by atoms with Crippen LogP contribution in [0.15, 0.2) is 59.8 Å². The van der Waals surface area contributed by atoms with Crippen molar-refractivity contribution in [2.75, 3.05) is 24.7 Å². The van der Waals surface area contributed by atoms with Gasteiger partial charge in [-0.05, 0) is 37.3 Å². The SMILES string of the molecule is CSc1nnc(C2CCCN2CC(=O)Nc2ccccc2-c2ccccc2)n1C. The van der Waals surface area contributed by atoms with Crippen LogP contribution in [0.3, 0.4) is 0 Å². The number of hydrogen-bond acceptors (Lipinski definition) is 5. The highest BCUT2D eigenvalue weighted by molar-refractivity contribution is 7.98. The largest absolute Gasteiger partial charge is 0.324 e. The van der Waals surface area contributed by atoms with Crippen LogP contribution in [0.2, 0.25) is 0 Å². The fourth-order valence-electron chi connectivity index (χ4n) is 3.94. The molecule has 0 saturated carbocycles. The zero-order valence-electron chi connectivity index (χ0n) is 16.7. The van der Waals surface area contributed by atoms with Gasteiger partial charge in [-0.1, -0.05) is 60.3 Å². The molecule has 7 heteroatoms. The normalized spacial score (nSPS) is 16.8. The molecule has 29 heavy (non-hydrogen) atoms. The third-order valence-corrected chi connectivity index (χ3v) is 6.07. The first-order valence-electron chi connectivity index (χ1n) is 9.79. The number of nitrogens with one attached hydrogen (secondary N) is 1. The van der Waals surface area contributed by atoms with Gasteiger partial charge in [0.2, 0.25) is 5.91 Å². The number of amides is 1. The Morgan fingerprint density at radius 2 is 1.90 bits per heavy atom. The van der Waals surface area contributed by atoms with Gasteiger partial charge in [-0.2, -0.15) is 0 Å². The van der Waals surface area contributed by atoms with Crippen LogP contribution < -0.4 is 5.32 Å². The predicted octanol–water partition coefficient (Wildman–Crippen LogP) is 3.98. The number of thioether (sulfide) groups is 1. The molecule has 0 radical (unpaired) electrons. The molecule has 0 aliphatic carbocycles. The van der Waals surface area contributed by atoms with Crippen molar-refractivity contribution in [3.8, 4) is 11.1 Å². The van der Waals surface area contributed by atoms with Gasteiger partial charge < -0.3 is 9.88 Å². The quantitative estimate of drug-likeness (QED) is 0.626. The summed E-state index contributed by atoms with van der Waals surface area (Å²) in [6.45, 7) is 1.23. The van der Waals surface area contributed by atoms with Crippen molar-refractivity contribution in [3.63, 3.8) is 0 Å². The van der Waals surface area contributed by atoms with E-state index in [4.69, 9.17) is 0 Å². The minimum atomic E-state index is -0.00691. The fourth-order valence-corrected chi connectivity index (χ4v) is 4.43. The van der Waals surface area contributed by atoms with E-state index in [2.05, 4.69) is 32.5 Å². The van der Waals surface area contributed by atoms with Crippen LogP contribution in [0, 0.1) is 0 Å². The summed E-state index contributed by atoms with van der Waals surface area (Å²) in [5.74, 6) is 0.928. The van der Waals surface area contributed by atoms with E-state index in [1.807, 2.05) is 60.3 Å². The maximum atomic E-state index is 12.9. The molecule has 0 bridgehead atoms. The number of hydrogen-bond donors (Lipinski definition) is 1. The van der Waals surface area contributed by atoms with Gasteiger partial charge in [0.15, 0.2) is 11.0 Å². The van der Waals surface area contributed by atoms with Crippen LogP contribution in [0.4, 0.5) is 5.69 Å². The van der Waals surface area contributed by atoms with E-state index in [9.17, 15) is 4.79 Å². The van der Waals surface area contributed by atoms with Crippen molar-refractivity contribution in [3.05, 3.63) is 60.4 Å². The first-order valence-corrected chi connectivity index (χ1v) is 11.0. The highest BCUT2D eigenvalue weighted by atomic mass is 32.2. The summed E-state index contributed by atoms with van der Waals surface area (Å²) in [4.78, 5) is 15.1. The van der Waals surface area contributed by atoms with E-state index < -0.39 is 0 Å². The van der Waals surface area contributed by atoms with Gasteiger partial charge in [0.05, 0.1) is 12.6 Å². The van der Waals surface area contributed by atoms with Gasteiger partial charge >= 0.3 is 0 Å². The standard InChI is InChI=1S/C22H25N5OS/c1-26-21(24-25-22(26)29-2)19-13-8-14-27(19)15-20(28)23-18-12-7-6-11-17(18)16-9-4-3-5-10-16/h3-7,9-12,19H,8,13-15H2,1-2H3,(H,23,28). The van der Waals surface area contributed by atoms with Crippen molar-refractivity contribution in [2.24, 2.45) is 7.05 Å². The lowest BCUT2D eigenvalue weighted by Crippen LogP contribution is -2.34. The van der Waals surface area contributed by atoms with Crippen molar-refractivity contribution in [1.82, 2.24) is 19.7 Å². The molecule has 2 aromatic carbocycles. The van der Waals surface area contributed by atoms with Crippen LogP contribution in [0.5, 0.6) is 0 Å². The number of aromatic nitrogens is 3. The molecule has 1 unspecified atom stereocenters. The zero-order chi connectivity index (χ0) is 20.2. The number of rotatable bonds is 6. The molecule has 1 N–H and O–H groups in total. The summed E-state index contributed by atoms with van der Waals surface area (Å²) in [6.07, 6.45) is 4.05. The minimum Gasteiger partial charge on any atom is -0.324 e. The lowest BCUT2D eigenvalue weighted by Gasteiger charge is -2.23. The average molecular weight is 408 g/mol. The Morgan fingerprint density at radius 1 is 1.14 bits per heavy atom. The summed E-state index contributed by atoms with van der Waals surface area (Å²) in [6, 6.07) is 18.2. The molecule has 1 aliphatic rings. The monoisotopic (exact) mass is 407 g/mol. The van der Waals surface area contributed by atoms with Gasteiger partial charge in [0.25, 0.3) is 0 Å². The fraction of sp³-hybridized carbons (Fsp3) is 0.318. The number of likely N-dealkylation sites (tertiary alicyclic amines) is 1. The Morgan fingerprint density at radius 3 is 2.66 bits per heavy atom. The van der Waals surface area contributed by atoms with E-state index in [0.717, 1.165) is 47.2 Å². The Kier molecular flexibility index (Phi) is 5.97. The van der Waals surface area contributed by atoms with E-state index in [1.54, 1.807) is 11.8 Å². The molecule has 4 rings (SSSR count). The maximum Gasteiger partial charge on any atom is 0.238 e. The Hall–Kier alpha value is -2.64. The third-order valence-electron chi connectivity index (χ3n) is 5.35. The smallest absolute Gasteiger partial charge is 0.238 e. The van der Waals surface area contributed by atoms with E-state index in [1.165, 1.54) is 0 Å². The number of anilines is 1. The average Bonchev–Trinajstić information content (AvgIpc) is 3.34. The maximum absolute atomic E-state index is 12.9. The molecule has 1 amide bonds. The second kappa shape index (κ2) is 8.80. The first-order chi connectivity index (χ1) is 14.2. The molecular weight excluding hydrogens is 382 g/mol. The molecule has 1 fully saturated rings. The molecule has 1 aliphatic heterocycles. The summed E-state index contributed by atoms with van der Waals surface area (Å²) in [5, 5.41) is 12.6. The van der Waals surface area contributed by atoms with Crippen LogP contribution in [-0.4, -0.2) is 44.9 Å². The molecule has 150 valence electrons. The minimum absolute atomic E-state index is 0.00691. The number of benzene rings is 2. The highest BCUT2D eigenvalue weighted by Crippen LogP contribution is 2.32. The number of carbonyl (C=O) groups is 1. The molecule has 1 atom stereocenters. The van der Waals surface area contributed by atoms with Crippen LogP contribution in [0.25, 0.3) is 11.1 Å². The van der Waals surface area contributed by atoms with Crippen LogP contribution >= 0.6 is 11.8 Å². The van der Waals surface area contributed by atoms with Crippen molar-refractivity contribution >= 4 is 23.4 Å². The summed E-state index contributed by atoms with van der Waals surface area (Å²) < 4.78 is 2.04. The Labute approximate surface area is 175 Å². The second-order valence-electron chi connectivity index (χ2n) is 7.19. The lowest BCUT2D eigenvalue weighted by atomic mass is 10.0. The lowest BCUT2D eigenvalue weighted by molar-refractivity contribution is -0.117. The summed E-state index contributed by atoms with van der Waals surface area (Å²) in [7, 11) is 1.99. The number of carbonyl (C=O) groups excluding carboxylic acids is 1. The van der Waals surface area contributed by atoms with E-state index in [-0.39, 0.29) is 11.9 Å². The van der Waals surface area contributed by atoms with Crippen LogP contribution in [0.1, 0.15) is 24.7 Å². The molecule has 1 aromatic heterocycles. The summed E-state index contributed by atoms with van der Waals surface area (Å²) in [5.41, 5.74) is 2.95. The van der Waals surface area contributed by atoms with Gasteiger partial charge in [-0.15, -0.1) is 10.2 Å². The molecule has 1 saturated heterocycles. The second-order valence-corrected chi connectivity index (χ2v) is 7.97. The van der Waals surface area contributed by atoms with Gasteiger partial charge in [-0.25, -0.2) is 0 Å². The first kappa shape index (κ1) is 19.7. The zero-order valence-corrected chi connectivity index (χ0v) is 17.5. The van der Waals surface area contributed by atoms with Crippen molar-refractivity contribution in [2.45, 2.75) is 24.0 Å². The Bertz CT molecular complexity index is 988. The third kappa shape index (κ3) is 4.21. The molecule has 3 aromatic rings. The van der Waals surface area contributed by atoms with Crippen molar-refractivity contribution in [1.29, 1.82) is 0 Å². The van der Waals surface area contributed by atoms with E-state index in [0.29, 0.717) is 6.54 Å².